The lowest BCUT2D eigenvalue weighted by Gasteiger charge is -2.18. The van der Waals surface area contributed by atoms with Crippen molar-refractivity contribution in [2.24, 2.45) is 5.92 Å². The molecule has 2 rings (SSSR count). The van der Waals surface area contributed by atoms with Crippen molar-refractivity contribution in [3.05, 3.63) is 33.8 Å². The summed E-state index contributed by atoms with van der Waals surface area (Å²) in [5, 5.41) is 3.18. The smallest absolute Gasteiger partial charge is 0.175 e. The van der Waals surface area contributed by atoms with Crippen LogP contribution < -0.4 is 5.32 Å². The second-order valence-corrected chi connectivity index (χ2v) is 5.64. The fourth-order valence-corrected chi connectivity index (χ4v) is 2.61. The maximum absolute atomic E-state index is 14.0. The van der Waals surface area contributed by atoms with Crippen LogP contribution in [-0.4, -0.2) is 31.6 Å². The molecule has 0 bridgehead atoms. The Morgan fingerprint density at radius 2 is 2.20 bits per heavy atom. The van der Waals surface area contributed by atoms with Gasteiger partial charge in [-0.15, -0.1) is 0 Å². The number of ether oxygens (including phenoxy) is 1. The molecule has 1 heterocycles. The normalized spacial score (nSPS) is 22.2. The van der Waals surface area contributed by atoms with E-state index < -0.39 is 28.9 Å². The Labute approximate surface area is 124 Å². The third-order valence-electron chi connectivity index (χ3n) is 3.36. The number of nitrogens with one attached hydrogen (secondary N) is 1. The van der Waals surface area contributed by atoms with Gasteiger partial charge in [0.15, 0.2) is 11.6 Å². The van der Waals surface area contributed by atoms with Crippen LogP contribution in [0.2, 0.25) is 0 Å². The van der Waals surface area contributed by atoms with E-state index in [4.69, 9.17) is 4.74 Å². The fourth-order valence-electron chi connectivity index (χ4n) is 2.28. The molecule has 1 aliphatic rings. The molecular formula is C14H16BrF2NO2. The van der Waals surface area contributed by atoms with E-state index in [0.717, 1.165) is 19.0 Å². The van der Waals surface area contributed by atoms with Gasteiger partial charge in [-0.25, -0.2) is 8.78 Å². The summed E-state index contributed by atoms with van der Waals surface area (Å²) in [6.07, 6.45) is 0.914. The van der Waals surface area contributed by atoms with Crippen molar-refractivity contribution in [2.75, 3.05) is 19.8 Å². The van der Waals surface area contributed by atoms with Crippen LogP contribution >= 0.6 is 15.9 Å². The maximum Gasteiger partial charge on any atom is 0.175 e. The Morgan fingerprint density at radius 3 is 2.90 bits per heavy atom. The first-order chi connectivity index (χ1) is 9.56. The summed E-state index contributed by atoms with van der Waals surface area (Å²) in [5.74, 6) is -2.79. The van der Waals surface area contributed by atoms with Gasteiger partial charge >= 0.3 is 0 Å². The molecule has 2 atom stereocenters. The van der Waals surface area contributed by atoms with E-state index in [1.165, 1.54) is 6.07 Å². The van der Waals surface area contributed by atoms with Crippen molar-refractivity contribution < 1.29 is 18.3 Å². The van der Waals surface area contributed by atoms with Crippen molar-refractivity contribution in [1.29, 1.82) is 0 Å². The predicted octanol–water partition coefficient (Wildman–Crippen LogP) is 2.92. The Balaban J connectivity index is 2.25. The summed E-state index contributed by atoms with van der Waals surface area (Å²) in [6, 6.07) is 2.14. The highest BCUT2D eigenvalue weighted by molar-refractivity contribution is 9.10. The Hall–Kier alpha value is -0.850. The van der Waals surface area contributed by atoms with Crippen LogP contribution in [0.1, 0.15) is 23.7 Å². The van der Waals surface area contributed by atoms with Gasteiger partial charge < -0.3 is 10.1 Å². The summed E-state index contributed by atoms with van der Waals surface area (Å²) in [5.41, 5.74) is -0.488. The minimum absolute atomic E-state index is 0.0826. The topological polar surface area (TPSA) is 38.3 Å². The van der Waals surface area contributed by atoms with Crippen LogP contribution in [0, 0.1) is 17.6 Å². The van der Waals surface area contributed by atoms with Gasteiger partial charge in [0.05, 0.1) is 29.2 Å². The van der Waals surface area contributed by atoms with Gasteiger partial charge in [-0.05, 0) is 41.0 Å². The molecule has 1 N–H and O–H groups in total. The largest absolute Gasteiger partial charge is 0.379 e. The lowest BCUT2D eigenvalue weighted by atomic mass is 9.92. The molecule has 110 valence electrons. The van der Waals surface area contributed by atoms with Crippen molar-refractivity contribution in [3.8, 4) is 0 Å². The highest BCUT2D eigenvalue weighted by Crippen LogP contribution is 2.27. The number of hydrogen-bond donors (Lipinski definition) is 1. The molecule has 0 saturated carbocycles. The van der Waals surface area contributed by atoms with Gasteiger partial charge in [0, 0.05) is 6.04 Å². The number of carbonyl (C=O) groups is 1. The minimum Gasteiger partial charge on any atom is -0.379 e. The van der Waals surface area contributed by atoms with E-state index in [-0.39, 0.29) is 17.1 Å². The molecule has 6 heteroatoms. The number of ketones is 1. The number of benzene rings is 1. The molecule has 0 aromatic heterocycles. The molecule has 1 aromatic carbocycles. The van der Waals surface area contributed by atoms with Gasteiger partial charge in [0.2, 0.25) is 0 Å². The van der Waals surface area contributed by atoms with Crippen LogP contribution in [-0.2, 0) is 4.74 Å². The van der Waals surface area contributed by atoms with Crippen molar-refractivity contribution in [1.82, 2.24) is 5.32 Å². The molecule has 0 amide bonds. The predicted molar refractivity (Wildman–Crippen MR) is 74.8 cm³/mol. The van der Waals surface area contributed by atoms with E-state index >= 15 is 0 Å². The average Bonchev–Trinajstić information content (AvgIpc) is 2.89. The van der Waals surface area contributed by atoms with Crippen LogP contribution in [0.5, 0.6) is 0 Å². The molecule has 3 nitrogen and oxygen atoms in total. The number of halogens is 3. The molecule has 20 heavy (non-hydrogen) atoms. The van der Waals surface area contributed by atoms with Crippen molar-refractivity contribution in [3.63, 3.8) is 0 Å². The SMILES string of the molecule is CCCNC1COCC1C(=O)c1c(F)ccc(Br)c1F. The van der Waals surface area contributed by atoms with E-state index in [0.29, 0.717) is 6.61 Å². The lowest BCUT2D eigenvalue weighted by Crippen LogP contribution is -2.40. The summed E-state index contributed by atoms with van der Waals surface area (Å²) in [4.78, 5) is 12.4. The van der Waals surface area contributed by atoms with E-state index in [1.54, 1.807) is 0 Å². The second-order valence-electron chi connectivity index (χ2n) is 4.79. The molecule has 1 aliphatic heterocycles. The van der Waals surface area contributed by atoms with Crippen LogP contribution in [0.25, 0.3) is 0 Å². The van der Waals surface area contributed by atoms with Crippen molar-refractivity contribution >= 4 is 21.7 Å². The number of carbonyl (C=O) groups excluding carboxylic acids is 1. The molecule has 1 aromatic rings. The fraction of sp³-hybridized carbons (Fsp3) is 0.500. The van der Waals surface area contributed by atoms with Gasteiger partial charge in [-0.1, -0.05) is 6.92 Å². The maximum atomic E-state index is 14.0. The standard InChI is InChI=1S/C14H16BrF2NO2/c1-2-5-18-11-7-20-6-8(11)14(19)12-10(16)4-3-9(15)13(12)17/h3-4,8,11,18H,2,5-7H2,1H3. The first-order valence-corrected chi connectivity index (χ1v) is 7.34. The molecule has 2 unspecified atom stereocenters. The molecule has 0 aliphatic carbocycles. The zero-order chi connectivity index (χ0) is 14.7. The van der Waals surface area contributed by atoms with Crippen LogP contribution in [0.3, 0.4) is 0 Å². The van der Waals surface area contributed by atoms with E-state index in [9.17, 15) is 13.6 Å². The minimum atomic E-state index is -0.851. The van der Waals surface area contributed by atoms with E-state index in [2.05, 4.69) is 21.2 Å². The van der Waals surface area contributed by atoms with Crippen molar-refractivity contribution in [2.45, 2.75) is 19.4 Å². The first kappa shape index (κ1) is 15.5. The molecule has 1 fully saturated rings. The van der Waals surface area contributed by atoms with Crippen LogP contribution in [0.15, 0.2) is 16.6 Å². The molecule has 0 radical (unpaired) electrons. The van der Waals surface area contributed by atoms with Gasteiger partial charge in [0.25, 0.3) is 0 Å². The summed E-state index contributed by atoms with van der Waals surface area (Å²) >= 11 is 2.97. The summed E-state index contributed by atoms with van der Waals surface area (Å²) in [6.45, 7) is 3.31. The first-order valence-electron chi connectivity index (χ1n) is 6.55. The quantitative estimate of drug-likeness (QED) is 0.657. The van der Waals surface area contributed by atoms with Gasteiger partial charge in [-0.2, -0.15) is 0 Å². The summed E-state index contributed by atoms with van der Waals surface area (Å²) < 4.78 is 33.1. The number of hydrogen-bond acceptors (Lipinski definition) is 3. The Kier molecular flexibility index (Phi) is 5.23. The second kappa shape index (κ2) is 6.74. The molecule has 0 spiro atoms. The lowest BCUT2D eigenvalue weighted by molar-refractivity contribution is 0.0882. The molecular weight excluding hydrogens is 332 g/mol. The summed E-state index contributed by atoms with van der Waals surface area (Å²) in [7, 11) is 0. The monoisotopic (exact) mass is 347 g/mol. The number of rotatable bonds is 5. The van der Waals surface area contributed by atoms with Gasteiger partial charge in [-0.3, -0.25) is 4.79 Å². The van der Waals surface area contributed by atoms with Gasteiger partial charge in [0.1, 0.15) is 5.82 Å². The Bertz CT molecular complexity index is 510. The zero-order valence-corrected chi connectivity index (χ0v) is 12.7. The third-order valence-corrected chi connectivity index (χ3v) is 3.98. The average molecular weight is 348 g/mol. The highest BCUT2D eigenvalue weighted by atomic mass is 79.9. The highest BCUT2D eigenvalue weighted by Gasteiger charge is 2.36. The number of Topliss-reactive ketones (excluding diaryl/α,β-unsaturated/α-hetero) is 1. The Morgan fingerprint density at radius 1 is 1.45 bits per heavy atom. The third kappa shape index (κ3) is 3.07. The molecule has 1 saturated heterocycles. The zero-order valence-electron chi connectivity index (χ0n) is 11.1. The van der Waals surface area contributed by atoms with E-state index in [1.807, 2.05) is 6.92 Å². The van der Waals surface area contributed by atoms with Crippen LogP contribution in [0.4, 0.5) is 8.78 Å².